The number of carbonyl (C=O) groups is 1. The fourth-order valence-corrected chi connectivity index (χ4v) is 2.47. The fourth-order valence-electron chi connectivity index (χ4n) is 2.47. The molecular weight excluding hydrogens is 190 g/mol. The molecule has 1 rings (SSSR count). The van der Waals surface area contributed by atoms with Gasteiger partial charge in [-0.05, 0) is 25.2 Å². The minimum Gasteiger partial charge on any atom is -0.481 e. The van der Waals surface area contributed by atoms with Crippen molar-refractivity contribution in [2.45, 2.75) is 65.0 Å². The summed E-state index contributed by atoms with van der Waals surface area (Å²) >= 11 is 0. The SMILES string of the molecule is CC(CC(=O)O)NC1CCCCC1(C)C. The van der Waals surface area contributed by atoms with Crippen molar-refractivity contribution in [3.63, 3.8) is 0 Å². The van der Waals surface area contributed by atoms with E-state index in [1.54, 1.807) is 0 Å². The van der Waals surface area contributed by atoms with Crippen LogP contribution in [0.25, 0.3) is 0 Å². The lowest BCUT2D eigenvalue weighted by Gasteiger charge is -2.40. The Hall–Kier alpha value is -0.570. The molecule has 3 nitrogen and oxygen atoms in total. The summed E-state index contributed by atoms with van der Waals surface area (Å²) in [5.41, 5.74) is 0.311. The number of carboxylic acid groups (broad SMARTS) is 1. The van der Waals surface area contributed by atoms with Crippen LogP contribution in [0, 0.1) is 5.41 Å². The Morgan fingerprint density at radius 1 is 1.53 bits per heavy atom. The molecular formula is C12H23NO2. The van der Waals surface area contributed by atoms with E-state index in [4.69, 9.17) is 5.11 Å². The fraction of sp³-hybridized carbons (Fsp3) is 0.917. The lowest BCUT2D eigenvalue weighted by molar-refractivity contribution is -0.137. The minimum absolute atomic E-state index is 0.0740. The van der Waals surface area contributed by atoms with Crippen molar-refractivity contribution < 1.29 is 9.90 Å². The van der Waals surface area contributed by atoms with Crippen LogP contribution in [0.3, 0.4) is 0 Å². The number of hydrogen-bond donors (Lipinski definition) is 2. The zero-order chi connectivity index (χ0) is 11.5. The Bertz CT molecular complexity index is 226. The van der Waals surface area contributed by atoms with E-state index in [-0.39, 0.29) is 12.5 Å². The Labute approximate surface area is 92.3 Å². The van der Waals surface area contributed by atoms with Gasteiger partial charge in [0.1, 0.15) is 0 Å². The lowest BCUT2D eigenvalue weighted by atomic mass is 9.73. The van der Waals surface area contributed by atoms with E-state index in [0.29, 0.717) is 11.5 Å². The van der Waals surface area contributed by atoms with Crippen LogP contribution >= 0.6 is 0 Å². The first-order valence-electron chi connectivity index (χ1n) is 5.89. The van der Waals surface area contributed by atoms with Gasteiger partial charge in [0, 0.05) is 12.1 Å². The van der Waals surface area contributed by atoms with E-state index in [1.807, 2.05) is 6.92 Å². The Morgan fingerprint density at radius 2 is 2.20 bits per heavy atom. The molecule has 2 atom stereocenters. The van der Waals surface area contributed by atoms with Crippen molar-refractivity contribution in [1.29, 1.82) is 0 Å². The van der Waals surface area contributed by atoms with Gasteiger partial charge < -0.3 is 10.4 Å². The molecule has 0 aromatic heterocycles. The highest BCUT2D eigenvalue weighted by Gasteiger charge is 2.32. The predicted octanol–water partition coefficient (Wildman–Crippen LogP) is 2.41. The molecule has 1 aliphatic carbocycles. The Kier molecular flexibility index (Phi) is 4.14. The van der Waals surface area contributed by atoms with Crippen LogP contribution in [-0.2, 0) is 4.79 Å². The van der Waals surface area contributed by atoms with E-state index < -0.39 is 5.97 Å². The van der Waals surface area contributed by atoms with Crippen LogP contribution in [0.2, 0.25) is 0 Å². The van der Waals surface area contributed by atoms with Gasteiger partial charge in [0.25, 0.3) is 0 Å². The number of carboxylic acids is 1. The molecule has 1 saturated carbocycles. The monoisotopic (exact) mass is 213 g/mol. The zero-order valence-electron chi connectivity index (χ0n) is 10.0. The second kappa shape index (κ2) is 4.97. The first kappa shape index (κ1) is 12.5. The van der Waals surface area contributed by atoms with Crippen molar-refractivity contribution in [3.05, 3.63) is 0 Å². The largest absolute Gasteiger partial charge is 0.481 e. The maximum absolute atomic E-state index is 10.6. The molecule has 0 heterocycles. The smallest absolute Gasteiger partial charge is 0.304 e. The maximum atomic E-state index is 10.6. The highest BCUT2D eigenvalue weighted by Crippen LogP contribution is 2.35. The van der Waals surface area contributed by atoms with Crippen LogP contribution < -0.4 is 5.32 Å². The third-order valence-corrected chi connectivity index (χ3v) is 3.47. The summed E-state index contributed by atoms with van der Waals surface area (Å²) in [4.78, 5) is 10.6. The summed E-state index contributed by atoms with van der Waals surface area (Å²) in [6.07, 6.45) is 5.20. The molecule has 15 heavy (non-hydrogen) atoms. The average molecular weight is 213 g/mol. The maximum Gasteiger partial charge on any atom is 0.304 e. The van der Waals surface area contributed by atoms with Gasteiger partial charge in [0.05, 0.1) is 6.42 Å². The minimum atomic E-state index is -0.719. The molecule has 0 radical (unpaired) electrons. The molecule has 0 bridgehead atoms. The van der Waals surface area contributed by atoms with Crippen LogP contribution in [-0.4, -0.2) is 23.2 Å². The van der Waals surface area contributed by atoms with Gasteiger partial charge in [0.15, 0.2) is 0 Å². The van der Waals surface area contributed by atoms with Crippen LogP contribution in [0.4, 0.5) is 0 Å². The number of hydrogen-bond acceptors (Lipinski definition) is 2. The van der Waals surface area contributed by atoms with E-state index >= 15 is 0 Å². The number of aliphatic carboxylic acids is 1. The summed E-state index contributed by atoms with van der Waals surface area (Å²) in [6.45, 7) is 6.51. The van der Waals surface area contributed by atoms with Gasteiger partial charge in [-0.25, -0.2) is 0 Å². The Morgan fingerprint density at radius 3 is 2.73 bits per heavy atom. The summed E-state index contributed by atoms with van der Waals surface area (Å²) in [5, 5.41) is 12.2. The zero-order valence-corrected chi connectivity index (χ0v) is 10.0. The predicted molar refractivity (Wildman–Crippen MR) is 60.9 cm³/mol. The molecule has 1 aliphatic rings. The average Bonchev–Trinajstić information content (AvgIpc) is 2.07. The second-order valence-corrected chi connectivity index (χ2v) is 5.45. The van der Waals surface area contributed by atoms with Crippen molar-refractivity contribution in [2.75, 3.05) is 0 Å². The van der Waals surface area contributed by atoms with Crippen LogP contribution in [0.15, 0.2) is 0 Å². The highest BCUT2D eigenvalue weighted by atomic mass is 16.4. The molecule has 0 saturated heterocycles. The van der Waals surface area contributed by atoms with E-state index in [2.05, 4.69) is 19.2 Å². The van der Waals surface area contributed by atoms with Crippen LogP contribution in [0.1, 0.15) is 52.9 Å². The van der Waals surface area contributed by atoms with Gasteiger partial charge in [-0.2, -0.15) is 0 Å². The van der Waals surface area contributed by atoms with Gasteiger partial charge in [0.2, 0.25) is 0 Å². The standard InChI is InChI=1S/C12H23NO2/c1-9(8-11(14)15)13-10-6-4-5-7-12(10,2)3/h9-10,13H,4-8H2,1-3H3,(H,14,15). The molecule has 0 spiro atoms. The van der Waals surface area contributed by atoms with Crippen LogP contribution in [0.5, 0.6) is 0 Å². The van der Waals surface area contributed by atoms with Gasteiger partial charge in [-0.1, -0.05) is 26.7 Å². The molecule has 0 aromatic rings. The van der Waals surface area contributed by atoms with Crippen molar-refractivity contribution in [3.8, 4) is 0 Å². The summed E-state index contributed by atoms with van der Waals surface area (Å²) < 4.78 is 0. The molecule has 0 aliphatic heterocycles. The van der Waals surface area contributed by atoms with Crippen molar-refractivity contribution in [2.24, 2.45) is 5.41 Å². The topological polar surface area (TPSA) is 49.3 Å². The van der Waals surface area contributed by atoms with Gasteiger partial charge in [-0.3, -0.25) is 4.79 Å². The van der Waals surface area contributed by atoms with Crippen molar-refractivity contribution in [1.82, 2.24) is 5.32 Å². The Balaban J connectivity index is 2.45. The third kappa shape index (κ3) is 3.82. The van der Waals surface area contributed by atoms with Gasteiger partial charge >= 0.3 is 5.97 Å². The molecule has 2 unspecified atom stereocenters. The third-order valence-electron chi connectivity index (χ3n) is 3.47. The molecule has 2 N–H and O–H groups in total. The van der Waals surface area contributed by atoms with Crippen molar-refractivity contribution >= 4 is 5.97 Å². The molecule has 0 amide bonds. The quantitative estimate of drug-likeness (QED) is 0.754. The lowest BCUT2D eigenvalue weighted by Crippen LogP contribution is -2.48. The number of rotatable bonds is 4. The molecule has 0 aromatic carbocycles. The molecule has 3 heteroatoms. The van der Waals surface area contributed by atoms with E-state index in [1.165, 1.54) is 25.7 Å². The highest BCUT2D eigenvalue weighted by molar-refractivity contribution is 5.67. The summed E-state index contributed by atoms with van der Waals surface area (Å²) in [7, 11) is 0. The summed E-state index contributed by atoms with van der Waals surface area (Å²) in [6, 6.07) is 0.547. The molecule has 1 fully saturated rings. The van der Waals surface area contributed by atoms with Gasteiger partial charge in [-0.15, -0.1) is 0 Å². The summed E-state index contributed by atoms with van der Waals surface area (Å²) in [5.74, 6) is -0.719. The normalized spacial score (nSPS) is 27.3. The van der Waals surface area contributed by atoms with E-state index in [0.717, 1.165) is 0 Å². The first-order valence-corrected chi connectivity index (χ1v) is 5.89. The second-order valence-electron chi connectivity index (χ2n) is 5.45. The molecule has 88 valence electrons. The first-order chi connectivity index (χ1) is 6.92. The van der Waals surface area contributed by atoms with E-state index in [9.17, 15) is 4.79 Å². The number of nitrogens with one attached hydrogen (secondary N) is 1.